The Labute approximate surface area is 594 Å². The fourth-order valence-corrected chi connectivity index (χ4v) is 13.6. The molecule has 0 aliphatic rings. The molecular weight excluding hydrogens is 1270 g/mol. The molecule has 0 bridgehead atoms. The first kappa shape index (κ1) is 95.1. The Morgan fingerprint density at radius 2 is 0.474 bits per heavy atom. The normalized spacial score (nSPS) is 14.0. The summed E-state index contributed by atoms with van der Waals surface area (Å²) in [6, 6.07) is 0. The molecular formula is C78H152O17P2. The summed E-state index contributed by atoms with van der Waals surface area (Å²) in [5.41, 5.74) is 0. The van der Waals surface area contributed by atoms with Gasteiger partial charge < -0.3 is 33.8 Å². The largest absolute Gasteiger partial charge is 0.472 e. The highest BCUT2D eigenvalue weighted by Crippen LogP contribution is 2.45. The number of aliphatic hydroxyl groups is 1. The van der Waals surface area contributed by atoms with E-state index in [4.69, 9.17) is 37.0 Å². The molecule has 576 valence electrons. The van der Waals surface area contributed by atoms with Crippen LogP contribution in [-0.4, -0.2) is 96.7 Å². The Morgan fingerprint density at radius 1 is 0.278 bits per heavy atom. The fourth-order valence-electron chi connectivity index (χ4n) is 12.0. The van der Waals surface area contributed by atoms with Crippen molar-refractivity contribution in [3.8, 4) is 0 Å². The number of rotatable bonds is 77. The number of carbonyl (C=O) groups excluding carboxylic acids is 4. The van der Waals surface area contributed by atoms with E-state index in [2.05, 4.69) is 41.5 Å². The van der Waals surface area contributed by atoms with Gasteiger partial charge in [0.25, 0.3) is 0 Å². The SMILES string of the molecule is CCCCCCCCCCCCCCCCCCCCC(=O)O[C@H](COC(=O)CCCCCCCCCCCCCCCC(C)C)COP(=O)(O)OC[C@@H](O)COP(=O)(O)OC[C@@H](COC(=O)CCCCCCCCCCC)OC(=O)CCCCCCCCCCCCCC(C)C. The van der Waals surface area contributed by atoms with Crippen LogP contribution in [0.15, 0.2) is 0 Å². The van der Waals surface area contributed by atoms with Crippen LogP contribution in [0.1, 0.15) is 408 Å². The molecule has 17 nitrogen and oxygen atoms in total. The minimum absolute atomic E-state index is 0.107. The van der Waals surface area contributed by atoms with Crippen LogP contribution in [0.25, 0.3) is 0 Å². The summed E-state index contributed by atoms with van der Waals surface area (Å²) in [5.74, 6) is -0.556. The number of phosphoric ester groups is 2. The van der Waals surface area contributed by atoms with Crippen molar-refractivity contribution in [2.24, 2.45) is 11.8 Å². The lowest BCUT2D eigenvalue weighted by atomic mass is 10.0. The first-order chi connectivity index (χ1) is 46.9. The van der Waals surface area contributed by atoms with Crippen molar-refractivity contribution in [1.29, 1.82) is 0 Å². The zero-order chi connectivity index (χ0) is 71.4. The second kappa shape index (κ2) is 69.8. The third kappa shape index (κ3) is 72.2. The number of ether oxygens (including phenoxy) is 4. The van der Waals surface area contributed by atoms with E-state index in [-0.39, 0.29) is 25.7 Å². The topological polar surface area (TPSA) is 237 Å². The third-order valence-electron chi connectivity index (χ3n) is 18.2. The van der Waals surface area contributed by atoms with Crippen molar-refractivity contribution < 1.29 is 80.2 Å². The first-order valence-electron chi connectivity index (χ1n) is 40.5. The average Bonchev–Trinajstić information content (AvgIpc) is 1.07. The molecule has 0 radical (unpaired) electrons. The first-order valence-corrected chi connectivity index (χ1v) is 43.5. The van der Waals surface area contributed by atoms with Crippen LogP contribution >= 0.6 is 15.6 Å². The predicted molar refractivity (Wildman–Crippen MR) is 395 cm³/mol. The molecule has 0 saturated heterocycles. The molecule has 0 fully saturated rings. The number of hydrogen-bond acceptors (Lipinski definition) is 15. The third-order valence-corrected chi connectivity index (χ3v) is 20.1. The Morgan fingerprint density at radius 3 is 0.701 bits per heavy atom. The van der Waals surface area contributed by atoms with Crippen molar-refractivity contribution in [3.05, 3.63) is 0 Å². The summed E-state index contributed by atoms with van der Waals surface area (Å²) >= 11 is 0. The van der Waals surface area contributed by atoms with Gasteiger partial charge in [-0.25, -0.2) is 9.13 Å². The molecule has 0 aromatic rings. The molecule has 0 aliphatic heterocycles. The van der Waals surface area contributed by atoms with Crippen molar-refractivity contribution >= 4 is 39.5 Å². The van der Waals surface area contributed by atoms with Gasteiger partial charge in [0.05, 0.1) is 26.4 Å². The molecule has 2 unspecified atom stereocenters. The van der Waals surface area contributed by atoms with Gasteiger partial charge in [0.2, 0.25) is 0 Å². The molecule has 0 aromatic heterocycles. The van der Waals surface area contributed by atoms with Gasteiger partial charge in [0.15, 0.2) is 12.2 Å². The van der Waals surface area contributed by atoms with Gasteiger partial charge in [-0.05, 0) is 37.5 Å². The van der Waals surface area contributed by atoms with Gasteiger partial charge in [-0.15, -0.1) is 0 Å². The molecule has 0 rings (SSSR count). The summed E-state index contributed by atoms with van der Waals surface area (Å²) in [5, 5.41) is 10.6. The molecule has 97 heavy (non-hydrogen) atoms. The molecule has 0 spiro atoms. The number of phosphoric acid groups is 2. The lowest BCUT2D eigenvalue weighted by Crippen LogP contribution is -2.30. The standard InChI is InChI=1S/C78H152O17P2/c1-7-9-11-13-15-17-18-19-20-21-22-23-26-32-38-44-50-56-62-77(82)95-74(67-89-76(81)61-55-49-43-37-31-27-24-25-29-35-40-46-52-58-70(3)4)69-93-97(86,87)91-65-72(79)64-90-96(84,85)92-68-73(66-88-75(80)60-54-48-42-34-16-14-12-10-8-2)94-78(83)63-57-51-45-39-33-28-30-36-41-47-53-59-71(5)6/h70-74,79H,7-69H2,1-6H3,(H,84,85)(H,86,87)/t72-,73+,74+/m0/s1. The monoisotopic (exact) mass is 1420 g/mol. The van der Waals surface area contributed by atoms with Crippen LogP contribution < -0.4 is 0 Å². The van der Waals surface area contributed by atoms with E-state index in [1.807, 2.05) is 0 Å². The second-order valence-electron chi connectivity index (χ2n) is 29.1. The van der Waals surface area contributed by atoms with E-state index < -0.39 is 97.5 Å². The highest BCUT2D eigenvalue weighted by molar-refractivity contribution is 7.47. The maximum absolute atomic E-state index is 13.1. The Bertz CT molecular complexity index is 1870. The van der Waals surface area contributed by atoms with Crippen molar-refractivity contribution in [3.63, 3.8) is 0 Å². The predicted octanol–water partition coefficient (Wildman–Crippen LogP) is 23.1. The Balaban J connectivity index is 5.23. The molecule has 0 aliphatic carbocycles. The smallest absolute Gasteiger partial charge is 0.462 e. The molecule has 3 N–H and O–H groups in total. The Kier molecular flexibility index (Phi) is 68.4. The Hall–Kier alpha value is -1.94. The minimum atomic E-state index is -4.96. The van der Waals surface area contributed by atoms with E-state index in [1.54, 1.807) is 0 Å². The lowest BCUT2D eigenvalue weighted by molar-refractivity contribution is -0.161. The molecule has 0 saturated carbocycles. The van der Waals surface area contributed by atoms with E-state index in [1.165, 1.54) is 225 Å². The summed E-state index contributed by atoms with van der Waals surface area (Å²) in [6.07, 6.45) is 58.2. The number of carbonyl (C=O) groups is 4. The quantitative estimate of drug-likeness (QED) is 0.0222. The van der Waals surface area contributed by atoms with Crippen LogP contribution in [0, 0.1) is 11.8 Å². The van der Waals surface area contributed by atoms with Crippen LogP contribution in [0.3, 0.4) is 0 Å². The number of hydrogen-bond donors (Lipinski definition) is 3. The van der Waals surface area contributed by atoms with Gasteiger partial charge in [-0.1, -0.05) is 356 Å². The summed E-state index contributed by atoms with van der Waals surface area (Å²) in [6.45, 7) is 9.62. The fraction of sp³-hybridized carbons (Fsp3) is 0.949. The average molecular weight is 1420 g/mol. The van der Waals surface area contributed by atoms with Gasteiger partial charge in [0.1, 0.15) is 19.3 Å². The maximum Gasteiger partial charge on any atom is 0.472 e. The van der Waals surface area contributed by atoms with E-state index >= 15 is 0 Å². The van der Waals surface area contributed by atoms with Crippen LogP contribution in [-0.2, 0) is 65.4 Å². The van der Waals surface area contributed by atoms with Crippen molar-refractivity contribution in [1.82, 2.24) is 0 Å². The molecule has 0 aromatic carbocycles. The van der Waals surface area contributed by atoms with Gasteiger partial charge in [-0.3, -0.25) is 37.3 Å². The maximum atomic E-state index is 13.1. The number of unbranched alkanes of at least 4 members (excludes halogenated alkanes) is 47. The summed E-state index contributed by atoms with van der Waals surface area (Å²) in [7, 11) is -9.91. The zero-order valence-electron chi connectivity index (χ0n) is 63.4. The van der Waals surface area contributed by atoms with Crippen molar-refractivity contribution in [2.75, 3.05) is 39.6 Å². The zero-order valence-corrected chi connectivity index (χ0v) is 65.2. The molecule has 0 heterocycles. The number of aliphatic hydroxyl groups excluding tert-OH is 1. The molecule has 19 heteroatoms. The highest BCUT2D eigenvalue weighted by Gasteiger charge is 2.30. The van der Waals surface area contributed by atoms with Gasteiger partial charge >= 0.3 is 39.5 Å². The van der Waals surface area contributed by atoms with Crippen LogP contribution in [0.5, 0.6) is 0 Å². The van der Waals surface area contributed by atoms with E-state index in [9.17, 15) is 43.2 Å². The minimum Gasteiger partial charge on any atom is -0.462 e. The molecule has 5 atom stereocenters. The lowest BCUT2D eigenvalue weighted by Gasteiger charge is -2.21. The van der Waals surface area contributed by atoms with Gasteiger partial charge in [0, 0.05) is 25.7 Å². The highest BCUT2D eigenvalue weighted by atomic mass is 31.2. The van der Waals surface area contributed by atoms with Crippen LogP contribution in [0.2, 0.25) is 0 Å². The molecule has 0 amide bonds. The van der Waals surface area contributed by atoms with Gasteiger partial charge in [-0.2, -0.15) is 0 Å². The van der Waals surface area contributed by atoms with E-state index in [0.717, 1.165) is 102 Å². The number of esters is 4. The van der Waals surface area contributed by atoms with E-state index in [0.29, 0.717) is 25.7 Å². The summed E-state index contributed by atoms with van der Waals surface area (Å²) in [4.78, 5) is 72.9. The second-order valence-corrected chi connectivity index (χ2v) is 32.0. The van der Waals surface area contributed by atoms with Crippen molar-refractivity contribution in [2.45, 2.75) is 426 Å². The summed E-state index contributed by atoms with van der Waals surface area (Å²) < 4.78 is 68.6. The van der Waals surface area contributed by atoms with Crippen LogP contribution in [0.4, 0.5) is 0 Å².